The number of rotatable bonds is 3. The van der Waals surface area contributed by atoms with Crippen molar-refractivity contribution in [2.75, 3.05) is 0 Å². The van der Waals surface area contributed by atoms with Crippen LogP contribution in [0.15, 0.2) is 0 Å². The van der Waals surface area contributed by atoms with Crippen LogP contribution in [-0.2, 0) is 5.11 Å². The SMILES string of the molecule is CCC(C)(C)SC(C)[O]. The van der Waals surface area contributed by atoms with E-state index in [1.807, 2.05) is 0 Å². The van der Waals surface area contributed by atoms with E-state index in [2.05, 4.69) is 20.8 Å². The van der Waals surface area contributed by atoms with Gasteiger partial charge < -0.3 is 0 Å². The molecule has 0 aromatic heterocycles. The van der Waals surface area contributed by atoms with Crippen LogP contribution in [0.4, 0.5) is 0 Å². The maximum absolute atomic E-state index is 10.7. The summed E-state index contributed by atoms with van der Waals surface area (Å²) in [6.45, 7) is 8.01. The molecule has 0 aromatic rings. The van der Waals surface area contributed by atoms with Gasteiger partial charge in [-0.3, -0.25) is 0 Å². The molecule has 0 aliphatic rings. The van der Waals surface area contributed by atoms with Crippen molar-refractivity contribution in [2.45, 2.75) is 44.3 Å². The van der Waals surface area contributed by atoms with Gasteiger partial charge in [-0.15, -0.1) is 11.8 Å². The average molecular weight is 147 g/mol. The third kappa shape index (κ3) is 4.79. The number of thioether (sulfide) groups is 1. The van der Waals surface area contributed by atoms with Crippen molar-refractivity contribution in [3.8, 4) is 0 Å². The van der Waals surface area contributed by atoms with Gasteiger partial charge in [-0.1, -0.05) is 20.8 Å². The zero-order valence-electron chi connectivity index (χ0n) is 6.60. The minimum absolute atomic E-state index is 0.168. The van der Waals surface area contributed by atoms with Crippen molar-refractivity contribution in [1.29, 1.82) is 0 Å². The molecular weight excluding hydrogens is 132 g/mol. The lowest BCUT2D eigenvalue weighted by Gasteiger charge is -2.22. The largest absolute Gasteiger partial charge is 0.222 e. The van der Waals surface area contributed by atoms with Crippen molar-refractivity contribution < 1.29 is 5.11 Å². The van der Waals surface area contributed by atoms with Crippen LogP contribution in [0.5, 0.6) is 0 Å². The maximum atomic E-state index is 10.7. The Morgan fingerprint density at radius 2 is 2.00 bits per heavy atom. The lowest BCUT2D eigenvalue weighted by Crippen LogP contribution is -2.16. The van der Waals surface area contributed by atoms with Crippen molar-refractivity contribution in [3.05, 3.63) is 0 Å². The molecule has 1 radical (unpaired) electrons. The van der Waals surface area contributed by atoms with Gasteiger partial charge in [0.25, 0.3) is 0 Å². The number of hydrogen-bond acceptors (Lipinski definition) is 1. The molecular formula is C7H15OS. The Balaban J connectivity index is 3.58. The van der Waals surface area contributed by atoms with E-state index in [0.717, 1.165) is 6.42 Å². The predicted octanol–water partition coefficient (Wildman–Crippen LogP) is 2.68. The quantitative estimate of drug-likeness (QED) is 0.562. The summed E-state index contributed by atoms with van der Waals surface area (Å²) >= 11 is 1.50. The molecule has 0 fully saturated rings. The van der Waals surface area contributed by atoms with Gasteiger partial charge in [0, 0.05) is 4.75 Å². The van der Waals surface area contributed by atoms with Gasteiger partial charge in [-0.2, -0.15) is 0 Å². The molecule has 1 unspecified atom stereocenters. The van der Waals surface area contributed by atoms with E-state index in [4.69, 9.17) is 0 Å². The normalized spacial score (nSPS) is 15.7. The van der Waals surface area contributed by atoms with E-state index in [-0.39, 0.29) is 4.75 Å². The van der Waals surface area contributed by atoms with Crippen LogP contribution < -0.4 is 0 Å². The third-order valence-corrected chi connectivity index (χ3v) is 2.60. The molecule has 0 N–H and O–H groups in total. The Morgan fingerprint density at radius 1 is 1.56 bits per heavy atom. The van der Waals surface area contributed by atoms with E-state index >= 15 is 0 Å². The Labute approximate surface area is 61.8 Å². The summed E-state index contributed by atoms with van der Waals surface area (Å²) in [7, 11) is 0. The summed E-state index contributed by atoms with van der Waals surface area (Å²) in [5, 5.41) is 10.7. The second kappa shape index (κ2) is 3.47. The predicted molar refractivity (Wildman–Crippen MR) is 42.1 cm³/mol. The molecule has 0 aromatic carbocycles. The van der Waals surface area contributed by atoms with Crippen LogP contribution in [0.25, 0.3) is 0 Å². The summed E-state index contributed by atoms with van der Waals surface area (Å²) in [5.74, 6) is 0. The number of hydrogen-bond donors (Lipinski definition) is 0. The van der Waals surface area contributed by atoms with Crippen molar-refractivity contribution in [1.82, 2.24) is 0 Å². The first kappa shape index (κ1) is 9.31. The van der Waals surface area contributed by atoms with Gasteiger partial charge in [-0.05, 0) is 13.3 Å². The lowest BCUT2D eigenvalue weighted by molar-refractivity contribution is 0.179. The molecule has 2 heteroatoms. The fraction of sp³-hybridized carbons (Fsp3) is 1.00. The van der Waals surface area contributed by atoms with E-state index < -0.39 is 5.44 Å². The smallest absolute Gasteiger partial charge is 0.136 e. The Kier molecular flexibility index (Phi) is 3.59. The molecule has 0 spiro atoms. The molecule has 0 heterocycles. The summed E-state index contributed by atoms with van der Waals surface area (Å²) in [6, 6.07) is 0. The first-order valence-corrected chi connectivity index (χ1v) is 4.19. The summed E-state index contributed by atoms with van der Waals surface area (Å²) in [5.41, 5.74) is -0.486. The Hall–Kier alpha value is 0.310. The molecule has 0 amide bonds. The molecule has 0 aliphatic heterocycles. The van der Waals surface area contributed by atoms with Crippen molar-refractivity contribution in [3.63, 3.8) is 0 Å². The molecule has 0 bridgehead atoms. The molecule has 0 aliphatic carbocycles. The second-order valence-corrected chi connectivity index (χ2v) is 4.80. The van der Waals surface area contributed by atoms with Crippen LogP contribution in [0.3, 0.4) is 0 Å². The van der Waals surface area contributed by atoms with Gasteiger partial charge in [0.1, 0.15) is 5.44 Å². The Morgan fingerprint density at radius 3 is 2.11 bits per heavy atom. The lowest BCUT2D eigenvalue weighted by atomic mass is 10.1. The summed E-state index contributed by atoms with van der Waals surface area (Å²) in [6.07, 6.45) is 1.06. The molecule has 0 saturated carbocycles. The molecule has 0 rings (SSSR count). The summed E-state index contributed by atoms with van der Waals surface area (Å²) in [4.78, 5) is 0. The van der Waals surface area contributed by atoms with Gasteiger partial charge in [0.2, 0.25) is 0 Å². The van der Waals surface area contributed by atoms with Crippen molar-refractivity contribution in [2.24, 2.45) is 0 Å². The van der Waals surface area contributed by atoms with Crippen LogP contribution >= 0.6 is 11.8 Å². The molecule has 1 atom stereocenters. The highest BCUT2D eigenvalue weighted by molar-refractivity contribution is 8.01. The minimum atomic E-state index is -0.486. The zero-order valence-corrected chi connectivity index (χ0v) is 7.42. The second-order valence-electron chi connectivity index (χ2n) is 2.80. The van der Waals surface area contributed by atoms with E-state index in [1.165, 1.54) is 11.8 Å². The van der Waals surface area contributed by atoms with E-state index in [0.29, 0.717) is 0 Å². The van der Waals surface area contributed by atoms with E-state index in [1.54, 1.807) is 6.92 Å². The summed E-state index contributed by atoms with van der Waals surface area (Å²) < 4.78 is 0.168. The van der Waals surface area contributed by atoms with Crippen LogP contribution in [-0.4, -0.2) is 10.2 Å². The highest BCUT2D eigenvalue weighted by atomic mass is 32.2. The van der Waals surface area contributed by atoms with Crippen LogP contribution in [0.2, 0.25) is 0 Å². The van der Waals surface area contributed by atoms with Gasteiger partial charge >= 0.3 is 0 Å². The van der Waals surface area contributed by atoms with Crippen LogP contribution in [0.1, 0.15) is 34.1 Å². The minimum Gasteiger partial charge on any atom is -0.222 e. The third-order valence-electron chi connectivity index (χ3n) is 1.34. The molecule has 55 valence electrons. The first-order chi connectivity index (χ1) is 3.98. The van der Waals surface area contributed by atoms with Crippen molar-refractivity contribution >= 4 is 11.8 Å². The zero-order chi connectivity index (χ0) is 7.49. The molecule has 1 nitrogen and oxygen atoms in total. The highest BCUT2D eigenvalue weighted by Gasteiger charge is 2.18. The average Bonchev–Trinajstić information content (AvgIpc) is 1.63. The maximum Gasteiger partial charge on any atom is 0.136 e. The molecule has 9 heavy (non-hydrogen) atoms. The van der Waals surface area contributed by atoms with E-state index in [9.17, 15) is 5.11 Å². The fourth-order valence-corrected chi connectivity index (χ4v) is 1.60. The topological polar surface area (TPSA) is 19.9 Å². The van der Waals surface area contributed by atoms with Gasteiger partial charge in [0.15, 0.2) is 0 Å². The molecule has 0 saturated heterocycles. The standard InChI is InChI=1S/C7H15OS/c1-5-7(3,4)9-6(2)8/h6H,5H2,1-4H3. The van der Waals surface area contributed by atoms with Crippen LogP contribution in [0, 0.1) is 0 Å². The van der Waals surface area contributed by atoms with Gasteiger partial charge in [0.05, 0.1) is 0 Å². The monoisotopic (exact) mass is 147 g/mol. The highest BCUT2D eigenvalue weighted by Crippen LogP contribution is 2.30. The fourth-order valence-electron chi connectivity index (χ4n) is 0.533. The first-order valence-electron chi connectivity index (χ1n) is 3.31. The van der Waals surface area contributed by atoms with Gasteiger partial charge in [-0.25, -0.2) is 5.11 Å². The Bertz CT molecular complexity index is 79.0.